The van der Waals surface area contributed by atoms with Crippen molar-refractivity contribution < 1.29 is 28.9 Å². The summed E-state index contributed by atoms with van der Waals surface area (Å²) in [7, 11) is 5.60. The minimum Gasteiger partial charge on any atom is -0.491 e. The van der Waals surface area contributed by atoms with Gasteiger partial charge in [0, 0.05) is 59.6 Å². The quantitative estimate of drug-likeness (QED) is 0.220. The second kappa shape index (κ2) is 14.1. The molecule has 0 atom stereocenters. The van der Waals surface area contributed by atoms with Gasteiger partial charge in [-0.25, -0.2) is 4.79 Å². The highest BCUT2D eigenvalue weighted by Crippen LogP contribution is 2.48. The van der Waals surface area contributed by atoms with E-state index in [0.717, 1.165) is 70.8 Å². The normalized spacial score (nSPS) is 16.5. The van der Waals surface area contributed by atoms with E-state index >= 15 is 0 Å². The van der Waals surface area contributed by atoms with Crippen molar-refractivity contribution in [3.05, 3.63) is 71.3 Å². The lowest BCUT2D eigenvalue weighted by Gasteiger charge is -2.31. The third kappa shape index (κ3) is 6.72. The lowest BCUT2D eigenvalue weighted by Crippen LogP contribution is -2.37. The van der Waals surface area contributed by atoms with Crippen molar-refractivity contribution in [3.8, 4) is 22.8 Å². The number of hydrogen-bond donors (Lipinski definition) is 1. The van der Waals surface area contributed by atoms with Gasteiger partial charge in [-0.15, -0.1) is 0 Å². The first-order chi connectivity index (χ1) is 23.8. The highest BCUT2D eigenvalue weighted by Gasteiger charge is 2.30. The second-order valence-electron chi connectivity index (χ2n) is 13.7. The monoisotopic (exact) mass is 666 g/mol. The molecule has 10 nitrogen and oxygen atoms in total. The van der Waals surface area contributed by atoms with Gasteiger partial charge in [-0.05, 0) is 80.9 Å². The summed E-state index contributed by atoms with van der Waals surface area (Å²) in [5.74, 6) is 0.983. The molecule has 7 rings (SSSR count). The smallest absolute Gasteiger partial charge is 0.335 e. The molecule has 0 radical (unpaired) electrons. The van der Waals surface area contributed by atoms with Gasteiger partial charge in [0.1, 0.15) is 24.7 Å². The summed E-state index contributed by atoms with van der Waals surface area (Å²) < 4.78 is 20.8. The Labute approximate surface area is 287 Å². The van der Waals surface area contributed by atoms with Gasteiger partial charge in [-0.3, -0.25) is 4.79 Å². The molecular weight excluding hydrogens is 620 g/mol. The first-order valence-electron chi connectivity index (χ1n) is 17.4. The van der Waals surface area contributed by atoms with Crippen LogP contribution in [0.4, 0.5) is 11.4 Å². The van der Waals surface area contributed by atoms with Crippen LogP contribution in [0.15, 0.2) is 54.6 Å². The minimum absolute atomic E-state index is 0.0167. The number of hydrogen-bond acceptors (Lipinski definition) is 7. The van der Waals surface area contributed by atoms with Crippen LogP contribution >= 0.6 is 0 Å². The first kappa shape index (κ1) is 33.0. The van der Waals surface area contributed by atoms with Gasteiger partial charge in [-0.2, -0.15) is 0 Å². The summed E-state index contributed by atoms with van der Waals surface area (Å²) in [6.07, 6.45) is 5.92. The fourth-order valence-corrected chi connectivity index (χ4v) is 7.68. The molecule has 3 aliphatic rings. The number of rotatable bonds is 9. The molecule has 1 N–H and O–H groups in total. The van der Waals surface area contributed by atoms with E-state index < -0.39 is 5.97 Å². The van der Waals surface area contributed by atoms with Gasteiger partial charge in [0.05, 0.1) is 37.6 Å². The maximum absolute atomic E-state index is 12.9. The minimum atomic E-state index is -0.919. The largest absolute Gasteiger partial charge is 0.491 e. The Morgan fingerprint density at radius 1 is 0.918 bits per heavy atom. The van der Waals surface area contributed by atoms with Gasteiger partial charge in [-0.1, -0.05) is 25.3 Å². The summed E-state index contributed by atoms with van der Waals surface area (Å²) in [4.78, 5) is 30.7. The molecule has 2 aliphatic heterocycles. The Morgan fingerprint density at radius 3 is 2.47 bits per heavy atom. The zero-order valence-electron chi connectivity index (χ0n) is 28.7. The lowest BCUT2D eigenvalue weighted by molar-refractivity contribution is -0.118. The van der Waals surface area contributed by atoms with E-state index in [1.54, 1.807) is 11.0 Å². The number of ether oxygens (including phenoxy) is 3. The Kier molecular flexibility index (Phi) is 9.51. The molecule has 1 saturated heterocycles. The van der Waals surface area contributed by atoms with E-state index in [0.29, 0.717) is 56.7 Å². The number of morpholine rings is 1. The summed E-state index contributed by atoms with van der Waals surface area (Å²) in [5, 5.41) is 10.9. The van der Waals surface area contributed by atoms with Crippen molar-refractivity contribution in [3.63, 3.8) is 0 Å². The third-order valence-corrected chi connectivity index (χ3v) is 10.2. The molecule has 0 spiro atoms. The average Bonchev–Trinajstić information content (AvgIpc) is 3.31. The number of fused-ring (bicyclic) bond motifs is 5. The predicted octanol–water partition coefficient (Wildman–Crippen LogP) is 6.39. The number of carboxylic acid groups (broad SMARTS) is 1. The molecule has 258 valence electrons. The zero-order valence-corrected chi connectivity index (χ0v) is 28.7. The van der Waals surface area contributed by atoms with Crippen LogP contribution in [0.3, 0.4) is 0 Å². The standard InChI is InChI=1S/C39H46N4O6/c1-40(2)24-36(44)41(3)29-10-14-33(42-15-18-47-19-16-42)28(21-29)25-49-30-11-13-32-35(23-30)48-20-17-43-34-22-27(39(45)46)9-12-31(34)37(38(32)43)26-7-5-4-6-8-26/h9-14,21-23,26H,4-8,15-20,24-25H2,1-3H3,(H,45,46). The number of benzene rings is 3. The molecule has 10 heteroatoms. The molecule has 1 amide bonds. The molecule has 1 aromatic heterocycles. The van der Waals surface area contributed by atoms with Crippen LogP contribution in [0.25, 0.3) is 22.2 Å². The van der Waals surface area contributed by atoms with Gasteiger partial charge in [0.2, 0.25) is 5.91 Å². The molecule has 1 aliphatic carbocycles. The van der Waals surface area contributed by atoms with Crippen LogP contribution in [0.5, 0.6) is 11.5 Å². The molecule has 3 heterocycles. The SMILES string of the molecule is CN(C)CC(=O)N(C)c1ccc(N2CCOCC2)c(COc2ccc3c(c2)OCCn2c-3c(C3CCCCC3)c3ccc(C(=O)O)cc32)c1. The zero-order chi connectivity index (χ0) is 34.1. The second-order valence-corrected chi connectivity index (χ2v) is 13.7. The maximum Gasteiger partial charge on any atom is 0.335 e. The van der Waals surface area contributed by atoms with Gasteiger partial charge in [0.25, 0.3) is 0 Å². The number of carbonyl (C=O) groups is 2. The van der Waals surface area contributed by atoms with Crippen molar-refractivity contribution >= 4 is 34.2 Å². The fraction of sp³-hybridized carbons (Fsp3) is 0.436. The van der Waals surface area contributed by atoms with E-state index in [2.05, 4.69) is 27.7 Å². The predicted molar refractivity (Wildman–Crippen MR) is 191 cm³/mol. The van der Waals surface area contributed by atoms with Crippen LogP contribution in [0.2, 0.25) is 0 Å². The first-order valence-corrected chi connectivity index (χ1v) is 17.4. The number of carbonyl (C=O) groups excluding carboxylic acids is 1. The van der Waals surface area contributed by atoms with Crippen molar-refractivity contribution in [2.24, 2.45) is 0 Å². The molecule has 1 saturated carbocycles. The molecule has 0 bridgehead atoms. The average molecular weight is 667 g/mol. The van der Waals surface area contributed by atoms with Gasteiger partial charge < -0.3 is 38.6 Å². The molecular formula is C39H46N4O6. The maximum atomic E-state index is 12.9. The van der Waals surface area contributed by atoms with Gasteiger partial charge in [0.15, 0.2) is 0 Å². The number of amides is 1. The van der Waals surface area contributed by atoms with Crippen molar-refractivity contribution in [1.82, 2.24) is 9.47 Å². The molecule has 3 aromatic carbocycles. The number of aromatic carboxylic acids is 1. The molecule has 4 aromatic rings. The molecule has 49 heavy (non-hydrogen) atoms. The Hall–Kier alpha value is -4.54. The summed E-state index contributed by atoms with van der Waals surface area (Å²) >= 11 is 0. The third-order valence-electron chi connectivity index (χ3n) is 10.2. The number of likely N-dealkylation sites (N-methyl/N-ethyl adjacent to an activating group) is 2. The van der Waals surface area contributed by atoms with Gasteiger partial charge >= 0.3 is 5.97 Å². The number of nitrogens with zero attached hydrogens (tertiary/aromatic N) is 4. The van der Waals surface area contributed by atoms with E-state index in [-0.39, 0.29) is 5.91 Å². The van der Waals surface area contributed by atoms with Crippen molar-refractivity contribution in [2.75, 3.05) is 70.4 Å². The Morgan fingerprint density at radius 2 is 1.71 bits per heavy atom. The Balaban J connectivity index is 1.22. The van der Waals surface area contributed by atoms with Crippen LogP contribution in [-0.4, -0.2) is 87.0 Å². The van der Waals surface area contributed by atoms with E-state index in [1.165, 1.54) is 24.8 Å². The van der Waals surface area contributed by atoms with Crippen molar-refractivity contribution in [2.45, 2.75) is 51.2 Å². The molecule has 2 fully saturated rings. The summed E-state index contributed by atoms with van der Waals surface area (Å²) in [5.41, 5.74) is 7.60. The van der Waals surface area contributed by atoms with Crippen LogP contribution in [0.1, 0.15) is 59.5 Å². The number of carboxylic acids is 1. The van der Waals surface area contributed by atoms with Crippen LogP contribution in [0, 0.1) is 0 Å². The van der Waals surface area contributed by atoms with Crippen molar-refractivity contribution in [1.29, 1.82) is 0 Å². The lowest BCUT2D eigenvalue weighted by atomic mass is 9.81. The summed E-state index contributed by atoms with van der Waals surface area (Å²) in [6, 6.07) is 17.8. The van der Waals surface area contributed by atoms with Crippen LogP contribution < -0.4 is 19.3 Å². The van der Waals surface area contributed by atoms with E-state index in [4.69, 9.17) is 14.2 Å². The number of aromatic nitrogens is 1. The topological polar surface area (TPSA) is 96.7 Å². The Bertz CT molecular complexity index is 1850. The highest BCUT2D eigenvalue weighted by atomic mass is 16.5. The van der Waals surface area contributed by atoms with E-state index in [9.17, 15) is 14.7 Å². The summed E-state index contributed by atoms with van der Waals surface area (Å²) in [6.45, 7) is 4.66. The molecule has 0 unspecified atom stereocenters. The highest BCUT2D eigenvalue weighted by molar-refractivity contribution is 5.99. The van der Waals surface area contributed by atoms with E-state index in [1.807, 2.05) is 56.4 Å². The fourth-order valence-electron chi connectivity index (χ4n) is 7.68. The van der Waals surface area contributed by atoms with Crippen LogP contribution in [-0.2, 0) is 22.7 Å². The number of anilines is 2.